The molecule has 96 valence electrons. The average Bonchev–Trinajstić information content (AvgIpc) is 2.78. The van der Waals surface area contributed by atoms with Crippen LogP contribution in [0.25, 0.3) is 0 Å². The molecule has 1 heterocycles. The Kier molecular flexibility index (Phi) is 3.85. The van der Waals surface area contributed by atoms with Gasteiger partial charge < -0.3 is 0 Å². The van der Waals surface area contributed by atoms with Crippen molar-refractivity contribution in [2.24, 2.45) is 5.84 Å². The Morgan fingerprint density at radius 1 is 1.17 bits per heavy atom. The molecule has 1 aromatic heterocycles. The van der Waals surface area contributed by atoms with Gasteiger partial charge >= 0.3 is 0 Å². The molecule has 0 saturated heterocycles. The SMILES string of the molecule is Cc1sccc1C(NN)C(C)(C)c1ccccc1. The fourth-order valence-electron chi connectivity index (χ4n) is 2.42. The number of benzene rings is 1. The summed E-state index contributed by atoms with van der Waals surface area (Å²) >= 11 is 1.76. The van der Waals surface area contributed by atoms with Crippen molar-refractivity contribution in [1.82, 2.24) is 5.43 Å². The van der Waals surface area contributed by atoms with E-state index < -0.39 is 0 Å². The third-order valence-electron chi connectivity index (χ3n) is 3.62. The summed E-state index contributed by atoms with van der Waals surface area (Å²) in [6.45, 7) is 6.60. The number of hydrogen-bond acceptors (Lipinski definition) is 3. The van der Waals surface area contributed by atoms with Gasteiger partial charge in [-0.2, -0.15) is 0 Å². The van der Waals surface area contributed by atoms with Crippen LogP contribution in [0.5, 0.6) is 0 Å². The van der Waals surface area contributed by atoms with Gasteiger partial charge in [0.15, 0.2) is 0 Å². The number of hydrogen-bond donors (Lipinski definition) is 2. The Bertz CT molecular complexity index is 502. The van der Waals surface area contributed by atoms with Crippen molar-refractivity contribution in [3.8, 4) is 0 Å². The zero-order valence-electron chi connectivity index (χ0n) is 11.1. The molecule has 3 heteroatoms. The molecule has 18 heavy (non-hydrogen) atoms. The third kappa shape index (κ3) is 2.34. The molecule has 1 aromatic carbocycles. The van der Waals surface area contributed by atoms with Gasteiger partial charge in [-0.25, -0.2) is 0 Å². The molecule has 0 spiro atoms. The highest BCUT2D eigenvalue weighted by atomic mass is 32.1. The summed E-state index contributed by atoms with van der Waals surface area (Å²) in [5.74, 6) is 5.81. The molecule has 2 nitrogen and oxygen atoms in total. The average molecular weight is 260 g/mol. The summed E-state index contributed by atoms with van der Waals surface area (Å²) in [4.78, 5) is 1.32. The quantitative estimate of drug-likeness (QED) is 0.652. The summed E-state index contributed by atoms with van der Waals surface area (Å²) < 4.78 is 0. The van der Waals surface area contributed by atoms with E-state index in [9.17, 15) is 0 Å². The smallest absolute Gasteiger partial charge is 0.0562 e. The van der Waals surface area contributed by atoms with E-state index in [-0.39, 0.29) is 11.5 Å². The molecule has 0 aliphatic carbocycles. The molecule has 2 rings (SSSR count). The van der Waals surface area contributed by atoms with Gasteiger partial charge in [-0.05, 0) is 29.5 Å². The van der Waals surface area contributed by atoms with Crippen molar-refractivity contribution >= 4 is 11.3 Å². The predicted octanol–water partition coefficient (Wildman–Crippen LogP) is 3.54. The Morgan fingerprint density at radius 3 is 2.33 bits per heavy atom. The Hall–Kier alpha value is -1.16. The highest BCUT2D eigenvalue weighted by Gasteiger charge is 2.32. The van der Waals surface area contributed by atoms with Crippen LogP contribution in [-0.2, 0) is 5.41 Å². The van der Waals surface area contributed by atoms with Crippen LogP contribution in [0.2, 0.25) is 0 Å². The lowest BCUT2D eigenvalue weighted by molar-refractivity contribution is 0.352. The van der Waals surface area contributed by atoms with E-state index in [1.54, 1.807) is 11.3 Å². The fraction of sp³-hybridized carbons (Fsp3) is 0.333. The first-order valence-electron chi connectivity index (χ1n) is 6.13. The van der Waals surface area contributed by atoms with Gasteiger partial charge in [0.2, 0.25) is 0 Å². The molecule has 0 aliphatic heterocycles. The van der Waals surface area contributed by atoms with Crippen LogP contribution in [0, 0.1) is 6.92 Å². The zero-order valence-corrected chi connectivity index (χ0v) is 11.9. The minimum atomic E-state index is -0.0537. The van der Waals surface area contributed by atoms with Crippen molar-refractivity contribution in [1.29, 1.82) is 0 Å². The number of aryl methyl sites for hydroxylation is 1. The van der Waals surface area contributed by atoms with Crippen molar-refractivity contribution in [2.45, 2.75) is 32.2 Å². The van der Waals surface area contributed by atoms with Crippen molar-refractivity contribution in [3.05, 3.63) is 57.8 Å². The number of rotatable bonds is 4. The lowest BCUT2D eigenvalue weighted by atomic mass is 9.75. The number of thiophene rings is 1. The van der Waals surface area contributed by atoms with E-state index in [4.69, 9.17) is 5.84 Å². The molecular weight excluding hydrogens is 240 g/mol. The van der Waals surface area contributed by atoms with Crippen LogP contribution < -0.4 is 11.3 Å². The second kappa shape index (κ2) is 5.22. The maximum atomic E-state index is 5.81. The van der Waals surface area contributed by atoms with E-state index >= 15 is 0 Å². The summed E-state index contributed by atoms with van der Waals surface area (Å²) in [5.41, 5.74) is 5.52. The molecule has 1 unspecified atom stereocenters. The van der Waals surface area contributed by atoms with Crippen LogP contribution in [0.4, 0.5) is 0 Å². The van der Waals surface area contributed by atoms with Crippen molar-refractivity contribution in [2.75, 3.05) is 0 Å². The zero-order chi connectivity index (χ0) is 13.2. The third-order valence-corrected chi connectivity index (χ3v) is 4.48. The normalized spacial score (nSPS) is 13.6. The van der Waals surface area contributed by atoms with E-state index in [0.29, 0.717) is 0 Å². The summed E-state index contributed by atoms with van der Waals surface area (Å²) in [6.07, 6.45) is 0. The second-order valence-electron chi connectivity index (χ2n) is 5.12. The maximum Gasteiger partial charge on any atom is 0.0562 e. The molecule has 0 amide bonds. The van der Waals surface area contributed by atoms with Crippen LogP contribution in [0.1, 0.15) is 35.9 Å². The highest BCUT2D eigenvalue weighted by Crippen LogP contribution is 2.38. The van der Waals surface area contributed by atoms with Gasteiger partial charge in [0.1, 0.15) is 0 Å². The standard InChI is InChI=1S/C15H20N2S/c1-11-13(9-10-18-11)14(17-16)15(2,3)12-7-5-4-6-8-12/h4-10,14,17H,16H2,1-3H3. The maximum absolute atomic E-state index is 5.81. The summed E-state index contributed by atoms with van der Waals surface area (Å²) in [5, 5.41) is 2.12. The van der Waals surface area contributed by atoms with Crippen LogP contribution in [0.3, 0.4) is 0 Å². The van der Waals surface area contributed by atoms with Gasteiger partial charge in [-0.3, -0.25) is 11.3 Å². The van der Waals surface area contributed by atoms with Gasteiger partial charge in [0, 0.05) is 10.3 Å². The molecule has 0 saturated carbocycles. The molecule has 0 bridgehead atoms. The molecule has 1 atom stereocenters. The summed E-state index contributed by atoms with van der Waals surface area (Å²) in [6, 6.07) is 12.8. The first-order chi connectivity index (χ1) is 8.57. The lowest BCUT2D eigenvalue weighted by Crippen LogP contribution is -2.41. The number of nitrogens with one attached hydrogen (secondary N) is 1. The van der Waals surface area contributed by atoms with Crippen LogP contribution >= 0.6 is 11.3 Å². The Balaban J connectivity index is 2.42. The first-order valence-corrected chi connectivity index (χ1v) is 7.01. The Morgan fingerprint density at radius 2 is 1.83 bits per heavy atom. The minimum absolute atomic E-state index is 0.0537. The number of nitrogens with two attached hydrogens (primary N) is 1. The van der Waals surface area contributed by atoms with Crippen molar-refractivity contribution < 1.29 is 0 Å². The lowest BCUT2D eigenvalue weighted by Gasteiger charge is -2.34. The summed E-state index contributed by atoms with van der Waals surface area (Å²) in [7, 11) is 0. The van der Waals surface area contributed by atoms with E-state index in [0.717, 1.165) is 0 Å². The van der Waals surface area contributed by atoms with E-state index in [2.05, 4.69) is 61.9 Å². The molecule has 0 radical (unpaired) electrons. The first kappa shape index (κ1) is 13.3. The topological polar surface area (TPSA) is 38.0 Å². The van der Waals surface area contributed by atoms with E-state index in [1.807, 2.05) is 6.07 Å². The van der Waals surface area contributed by atoms with Crippen molar-refractivity contribution in [3.63, 3.8) is 0 Å². The monoisotopic (exact) mass is 260 g/mol. The molecule has 3 N–H and O–H groups in total. The van der Waals surface area contributed by atoms with E-state index in [1.165, 1.54) is 16.0 Å². The Labute approximate surface area is 113 Å². The second-order valence-corrected chi connectivity index (χ2v) is 6.24. The molecule has 0 aliphatic rings. The van der Waals surface area contributed by atoms with Crippen LogP contribution in [0.15, 0.2) is 41.8 Å². The van der Waals surface area contributed by atoms with Crippen LogP contribution in [-0.4, -0.2) is 0 Å². The highest BCUT2D eigenvalue weighted by molar-refractivity contribution is 7.10. The van der Waals surface area contributed by atoms with Gasteiger partial charge in [-0.15, -0.1) is 11.3 Å². The van der Waals surface area contributed by atoms with Gasteiger partial charge in [0.25, 0.3) is 0 Å². The molecule has 2 aromatic rings. The predicted molar refractivity (Wildman–Crippen MR) is 78.6 cm³/mol. The van der Waals surface area contributed by atoms with Gasteiger partial charge in [-0.1, -0.05) is 44.2 Å². The molecule has 0 fully saturated rings. The minimum Gasteiger partial charge on any atom is -0.271 e. The fourth-order valence-corrected chi connectivity index (χ4v) is 3.16. The number of hydrazine groups is 1. The largest absolute Gasteiger partial charge is 0.271 e. The molecular formula is C15H20N2S. The van der Waals surface area contributed by atoms with Gasteiger partial charge in [0.05, 0.1) is 6.04 Å².